The molecule has 8 heteroatoms. The second-order valence-corrected chi connectivity index (χ2v) is 15.2. The summed E-state index contributed by atoms with van der Waals surface area (Å²) in [6.45, 7) is 17.0. The molecule has 2 aliphatic carbocycles. The highest BCUT2D eigenvalue weighted by atomic mass is 28.4. The minimum Gasteiger partial charge on any atom is -0.475 e. The average molecular weight is 461 g/mol. The number of ether oxygens (including phenoxy) is 1. The van der Waals surface area contributed by atoms with Gasteiger partial charge < -0.3 is 13.7 Å². The van der Waals surface area contributed by atoms with Crippen molar-refractivity contribution < 1.29 is 23.3 Å². The maximum atomic E-state index is 14.2. The zero-order chi connectivity index (χ0) is 24.1. The van der Waals surface area contributed by atoms with Gasteiger partial charge in [0, 0.05) is 5.92 Å². The number of aromatic nitrogens is 1. The predicted molar refractivity (Wildman–Crippen MR) is 125 cm³/mol. The Hall–Kier alpha value is -2.03. The molecule has 0 N–H and O–H groups in total. The second kappa shape index (κ2) is 8.39. The van der Waals surface area contributed by atoms with E-state index in [-0.39, 0.29) is 22.3 Å². The Kier molecular flexibility index (Phi) is 6.45. The van der Waals surface area contributed by atoms with Crippen molar-refractivity contribution in [2.24, 2.45) is 5.92 Å². The third-order valence-corrected chi connectivity index (χ3v) is 11.4. The molecule has 1 aromatic rings. The van der Waals surface area contributed by atoms with E-state index in [9.17, 15) is 9.59 Å². The summed E-state index contributed by atoms with van der Waals surface area (Å²) >= 11 is 0. The molecule has 3 atom stereocenters. The largest absolute Gasteiger partial charge is 0.475 e. The van der Waals surface area contributed by atoms with Gasteiger partial charge in [0.15, 0.2) is 25.5 Å². The number of fused-ring (bicyclic) bond motifs is 2. The molecule has 7 nitrogen and oxygen atoms in total. The van der Waals surface area contributed by atoms with Crippen LogP contribution in [0.2, 0.25) is 18.1 Å². The van der Waals surface area contributed by atoms with Crippen LogP contribution < -0.4 is 4.74 Å². The van der Waals surface area contributed by atoms with Crippen LogP contribution in [0.25, 0.3) is 0 Å². The van der Waals surface area contributed by atoms with Crippen LogP contribution in [0.3, 0.4) is 0 Å². The number of carbonyl (C=O) groups is 2. The normalized spacial score (nSPS) is 25.8. The Balaban J connectivity index is 2.26. The lowest BCUT2D eigenvalue weighted by atomic mass is 9.63. The first-order valence-electron chi connectivity index (χ1n) is 11.2. The average Bonchev–Trinajstić information content (AvgIpc) is 3.09. The Morgan fingerprint density at radius 2 is 1.91 bits per heavy atom. The molecule has 0 saturated carbocycles. The van der Waals surface area contributed by atoms with Gasteiger partial charge in [0.1, 0.15) is 5.56 Å². The molecule has 3 rings (SSSR count). The standard InChI is InChI=1S/C24H36N2O5Si/c1-10-11-14-29-22-17-20(30-25-22)19(26(6)7)18-15(2)12-13-16(27)24(18,21(17)28)31-32(8,9)23(3,4)5/h12-13,18-19H,2,10-11,14H2,1,3-9H3/t18-,19-,24+/m0/s1. The van der Waals surface area contributed by atoms with Crippen LogP contribution in [0.4, 0.5) is 0 Å². The Morgan fingerprint density at radius 1 is 1.25 bits per heavy atom. The molecule has 0 unspecified atom stereocenters. The second-order valence-electron chi connectivity index (χ2n) is 10.5. The van der Waals surface area contributed by atoms with E-state index >= 15 is 0 Å². The van der Waals surface area contributed by atoms with E-state index in [0.29, 0.717) is 17.9 Å². The van der Waals surface area contributed by atoms with E-state index in [1.807, 2.05) is 32.1 Å². The molecule has 0 bridgehead atoms. The highest BCUT2D eigenvalue weighted by Crippen LogP contribution is 2.54. The first-order valence-corrected chi connectivity index (χ1v) is 14.2. The maximum absolute atomic E-state index is 14.2. The maximum Gasteiger partial charge on any atom is 0.265 e. The van der Waals surface area contributed by atoms with E-state index in [1.165, 1.54) is 6.08 Å². The fraction of sp³-hybridized carbons (Fsp3) is 0.625. The number of unbranched alkanes of at least 4 members (excludes halogenated alkanes) is 1. The zero-order valence-corrected chi connectivity index (χ0v) is 21.6. The first-order chi connectivity index (χ1) is 14.8. The lowest BCUT2D eigenvalue weighted by molar-refractivity contribution is -0.133. The Morgan fingerprint density at radius 3 is 2.47 bits per heavy atom. The van der Waals surface area contributed by atoms with E-state index in [0.717, 1.165) is 12.8 Å². The minimum absolute atomic E-state index is 0.134. The number of rotatable bonds is 7. The minimum atomic E-state index is -2.56. The van der Waals surface area contributed by atoms with Crippen LogP contribution in [0.15, 0.2) is 28.8 Å². The number of hydrogen-bond donors (Lipinski definition) is 0. The SMILES string of the molecule is C=C1C=CC(=O)[C@]2(O[Si](C)(C)C(C)(C)C)C(=O)c3c(OCCCC)noc3[C@@H](N(C)C)[C@H]12. The van der Waals surface area contributed by atoms with Gasteiger partial charge in [-0.1, -0.05) is 46.8 Å². The highest BCUT2D eigenvalue weighted by Gasteiger charge is 2.66. The number of hydrogen-bond acceptors (Lipinski definition) is 7. The molecular formula is C24H36N2O5Si. The fourth-order valence-corrected chi connectivity index (χ4v) is 5.63. The van der Waals surface area contributed by atoms with Crippen molar-refractivity contribution >= 4 is 19.9 Å². The molecule has 0 radical (unpaired) electrons. The van der Waals surface area contributed by atoms with Crippen molar-refractivity contribution in [1.29, 1.82) is 0 Å². The van der Waals surface area contributed by atoms with E-state index in [4.69, 9.17) is 13.7 Å². The first kappa shape index (κ1) is 24.6. The third-order valence-electron chi connectivity index (χ3n) is 7.00. The number of ketones is 2. The van der Waals surface area contributed by atoms with E-state index in [1.54, 1.807) is 6.08 Å². The number of Topliss-reactive ketones (excluding diaryl/α,β-unsaturated/α-hetero) is 1. The van der Waals surface area contributed by atoms with Gasteiger partial charge >= 0.3 is 0 Å². The lowest BCUT2D eigenvalue weighted by Gasteiger charge is -2.52. The number of nitrogens with zero attached hydrogens (tertiary/aromatic N) is 2. The van der Waals surface area contributed by atoms with E-state index < -0.39 is 31.7 Å². The third kappa shape index (κ3) is 3.72. The van der Waals surface area contributed by atoms with Crippen molar-refractivity contribution in [2.75, 3.05) is 20.7 Å². The van der Waals surface area contributed by atoms with Gasteiger partial charge in [-0.3, -0.25) is 14.5 Å². The Labute approximate surface area is 191 Å². The molecule has 0 fully saturated rings. The van der Waals surface area contributed by atoms with E-state index in [2.05, 4.69) is 39.4 Å². The summed E-state index contributed by atoms with van der Waals surface area (Å²) < 4.78 is 18.3. The summed E-state index contributed by atoms with van der Waals surface area (Å²) in [7, 11) is 1.21. The van der Waals surface area contributed by atoms with Crippen molar-refractivity contribution in [3.05, 3.63) is 35.6 Å². The predicted octanol–water partition coefficient (Wildman–Crippen LogP) is 4.72. The topological polar surface area (TPSA) is 81.9 Å². The number of allylic oxidation sites excluding steroid dienone is 1. The zero-order valence-electron chi connectivity index (χ0n) is 20.6. The summed E-state index contributed by atoms with van der Waals surface area (Å²) in [5.41, 5.74) is -0.845. The molecule has 0 aromatic carbocycles. The van der Waals surface area contributed by atoms with Crippen LogP contribution in [-0.4, -0.2) is 56.2 Å². The van der Waals surface area contributed by atoms with Gasteiger partial charge in [-0.05, 0) is 55.5 Å². The lowest BCUT2D eigenvalue weighted by Crippen LogP contribution is -2.66. The molecule has 2 aliphatic rings. The van der Waals surface area contributed by atoms with Crippen molar-refractivity contribution in [3.8, 4) is 5.88 Å². The van der Waals surface area contributed by atoms with Crippen LogP contribution in [0.1, 0.15) is 62.7 Å². The molecule has 1 heterocycles. The van der Waals surface area contributed by atoms with Crippen molar-refractivity contribution in [2.45, 2.75) is 70.3 Å². The van der Waals surface area contributed by atoms with Gasteiger partial charge in [-0.25, -0.2) is 0 Å². The number of carbonyl (C=O) groups excluding carboxylic acids is 2. The summed E-state index contributed by atoms with van der Waals surface area (Å²) in [4.78, 5) is 29.8. The molecule has 1 aromatic heterocycles. The fourth-order valence-electron chi connectivity index (χ4n) is 4.20. The van der Waals surface area contributed by atoms with Crippen molar-refractivity contribution in [3.63, 3.8) is 0 Å². The van der Waals surface area contributed by atoms with Crippen LogP contribution >= 0.6 is 0 Å². The quantitative estimate of drug-likeness (QED) is 0.331. The molecule has 0 aliphatic heterocycles. The highest BCUT2D eigenvalue weighted by molar-refractivity contribution is 6.74. The van der Waals surface area contributed by atoms with Crippen molar-refractivity contribution in [1.82, 2.24) is 10.1 Å². The van der Waals surface area contributed by atoms with Crippen LogP contribution in [-0.2, 0) is 9.22 Å². The van der Waals surface area contributed by atoms with Gasteiger partial charge in [0.05, 0.1) is 12.6 Å². The molecule has 0 spiro atoms. The van der Waals surface area contributed by atoms with Gasteiger partial charge in [-0.2, -0.15) is 0 Å². The molecule has 0 saturated heterocycles. The van der Waals surface area contributed by atoms with Crippen LogP contribution in [0.5, 0.6) is 5.88 Å². The Bertz CT molecular complexity index is 956. The summed E-state index contributed by atoms with van der Waals surface area (Å²) in [6.07, 6.45) is 4.87. The monoisotopic (exact) mass is 460 g/mol. The summed E-state index contributed by atoms with van der Waals surface area (Å²) in [5, 5.41) is 3.88. The van der Waals surface area contributed by atoms with Gasteiger partial charge in [0.25, 0.3) is 5.88 Å². The molecule has 176 valence electrons. The van der Waals surface area contributed by atoms with Gasteiger partial charge in [-0.15, -0.1) is 0 Å². The molecule has 32 heavy (non-hydrogen) atoms. The molecule has 0 amide bonds. The summed E-state index contributed by atoms with van der Waals surface area (Å²) in [5.74, 6) is -0.891. The van der Waals surface area contributed by atoms with Gasteiger partial charge in [0.2, 0.25) is 5.78 Å². The summed E-state index contributed by atoms with van der Waals surface area (Å²) in [6, 6.07) is -0.454. The smallest absolute Gasteiger partial charge is 0.265 e. The molecular weight excluding hydrogens is 424 g/mol. The van der Waals surface area contributed by atoms with Crippen LogP contribution in [0, 0.1) is 5.92 Å².